The lowest BCUT2D eigenvalue weighted by molar-refractivity contribution is -0.0516. The molecule has 0 atom stereocenters. The van der Waals surface area contributed by atoms with E-state index in [0.29, 0.717) is 12.3 Å². The molecule has 0 aliphatic heterocycles. The van der Waals surface area contributed by atoms with Gasteiger partial charge in [0.1, 0.15) is 6.33 Å². The first-order chi connectivity index (χ1) is 10.7. The standard InChI is InChI=1S/C15H15F2N3O2/c16-15(17)22-13-4-1-11(5-14(13)21-12-2-3-12)20-8-10-6-18-9-19-7-10/h1,4-7,9,12,15,20H,2-3,8H2. The maximum absolute atomic E-state index is 12.4. The molecule has 116 valence electrons. The predicted molar refractivity (Wildman–Crippen MR) is 76.1 cm³/mol. The summed E-state index contributed by atoms with van der Waals surface area (Å²) >= 11 is 0. The number of nitrogens with zero attached hydrogens (tertiary/aromatic N) is 2. The summed E-state index contributed by atoms with van der Waals surface area (Å²) in [7, 11) is 0. The molecule has 0 saturated heterocycles. The average molecular weight is 307 g/mol. The van der Waals surface area contributed by atoms with E-state index in [9.17, 15) is 8.78 Å². The molecule has 1 saturated carbocycles. The lowest BCUT2D eigenvalue weighted by Gasteiger charge is -2.14. The van der Waals surface area contributed by atoms with Crippen LogP contribution in [0.25, 0.3) is 0 Å². The number of nitrogens with one attached hydrogen (secondary N) is 1. The molecule has 7 heteroatoms. The SMILES string of the molecule is FC(F)Oc1ccc(NCc2cncnc2)cc1OC1CC1. The van der Waals surface area contributed by atoms with Gasteiger partial charge >= 0.3 is 6.61 Å². The fraction of sp³-hybridized carbons (Fsp3) is 0.333. The fourth-order valence-electron chi connectivity index (χ4n) is 1.89. The highest BCUT2D eigenvalue weighted by Gasteiger charge is 2.25. The van der Waals surface area contributed by atoms with Gasteiger partial charge in [0.25, 0.3) is 0 Å². The van der Waals surface area contributed by atoms with Crippen LogP contribution in [-0.2, 0) is 6.54 Å². The first kappa shape index (κ1) is 14.5. The van der Waals surface area contributed by atoms with Gasteiger partial charge in [-0.1, -0.05) is 0 Å². The molecule has 1 aromatic carbocycles. The van der Waals surface area contributed by atoms with Crippen molar-refractivity contribution in [1.29, 1.82) is 0 Å². The van der Waals surface area contributed by atoms with Crippen LogP contribution in [0, 0.1) is 0 Å². The molecular formula is C15H15F2N3O2. The third-order valence-electron chi connectivity index (χ3n) is 3.09. The minimum absolute atomic E-state index is 0.0514. The van der Waals surface area contributed by atoms with E-state index in [1.165, 1.54) is 12.4 Å². The van der Waals surface area contributed by atoms with Crippen LogP contribution in [0.5, 0.6) is 11.5 Å². The van der Waals surface area contributed by atoms with Gasteiger partial charge < -0.3 is 14.8 Å². The zero-order valence-electron chi connectivity index (χ0n) is 11.7. The maximum Gasteiger partial charge on any atom is 0.387 e. The quantitative estimate of drug-likeness (QED) is 0.851. The van der Waals surface area contributed by atoms with Crippen molar-refractivity contribution in [1.82, 2.24) is 9.97 Å². The molecule has 0 bridgehead atoms. The Morgan fingerprint density at radius 2 is 1.95 bits per heavy atom. The average Bonchev–Trinajstić information content (AvgIpc) is 3.32. The smallest absolute Gasteiger partial charge is 0.387 e. The molecule has 1 fully saturated rings. The van der Waals surface area contributed by atoms with Crippen LogP contribution >= 0.6 is 0 Å². The molecule has 0 amide bonds. The Labute approximate surface area is 126 Å². The number of anilines is 1. The van der Waals surface area contributed by atoms with Gasteiger partial charge in [-0.05, 0) is 25.0 Å². The molecule has 0 spiro atoms. The van der Waals surface area contributed by atoms with E-state index in [4.69, 9.17) is 4.74 Å². The Bertz CT molecular complexity index is 621. The van der Waals surface area contributed by atoms with E-state index in [0.717, 1.165) is 24.1 Å². The summed E-state index contributed by atoms with van der Waals surface area (Å²) in [5, 5.41) is 3.17. The third-order valence-corrected chi connectivity index (χ3v) is 3.09. The van der Waals surface area contributed by atoms with Crippen LogP contribution in [0.15, 0.2) is 36.9 Å². The number of hydrogen-bond acceptors (Lipinski definition) is 5. The molecule has 1 aliphatic rings. The van der Waals surface area contributed by atoms with Crippen LogP contribution in [0.2, 0.25) is 0 Å². The first-order valence-electron chi connectivity index (χ1n) is 6.94. The van der Waals surface area contributed by atoms with Gasteiger partial charge in [0, 0.05) is 36.3 Å². The molecule has 2 aromatic rings. The zero-order chi connectivity index (χ0) is 15.4. The molecule has 22 heavy (non-hydrogen) atoms. The van der Waals surface area contributed by atoms with Gasteiger partial charge in [-0.2, -0.15) is 8.78 Å². The number of halogens is 2. The van der Waals surface area contributed by atoms with Crippen LogP contribution in [0.1, 0.15) is 18.4 Å². The van der Waals surface area contributed by atoms with Crippen molar-refractivity contribution in [2.24, 2.45) is 0 Å². The topological polar surface area (TPSA) is 56.3 Å². The number of aromatic nitrogens is 2. The molecule has 5 nitrogen and oxygen atoms in total. The number of hydrogen-bond donors (Lipinski definition) is 1. The van der Waals surface area contributed by atoms with E-state index in [2.05, 4.69) is 20.0 Å². The van der Waals surface area contributed by atoms with Gasteiger partial charge in [-0.15, -0.1) is 0 Å². The Morgan fingerprint density at radius 1 is 1.18 bits per heavy atom. The van der Waals surface area contributed by atoms with Crippen molar-refractivity contribution in [3.8, 4) is 11.5 Å². The summed E-state index contributed by atoms with van der Waals surface area (Å²) in [5.41, 5.74) is 1.67. The second-order valence-electron chi connectivity index (χ2n) is 4.96. The normalized spacial score (nSPS) is 14.0. The molecule has 3 rings (SSSR count). The minimum atomic E-state index is -2.87. The van der Waals surface area contributed by atoms with E-state index >= 15 is 0 Å². The van der Waals surface area contributed by atoms with Crippen LogP contribution in [0.3, 0.4) is 0 Å². The largest absolute Gasteiger partial charge is 0.486 e. The summed E-state index contributed by atoms with van der Waals surface area (Å²) < 4.78 is 34.9. The van der Waals surface area contributed by atoms with Crippen LogP contribution < -0.4 is 14.8 Å². The highest BCUT2D eigenvalue weighted by molar-refractivity contribution is 5.55. The second-order valence-corrected chi connectivity index (χ2v) is 4.96. The van der Waals surface area contributed by atoms with E-state index in [-0.39, 0.29) is 11.9 Å². The van der Waals surface area contributed by atoms with E-state index in [1.807, 2.05) is 0 Å². The molecule has 0 unspecified atom stereocenters. The molecule has 1 heterocycles. The van der Waals surface area contributed by atoms with Gasteiger partial charge in [0.2, 0.25) is 0 Å². The summed E-state index contributed by atoms with van der Waals surface area (Å²) in [5.74, 6) is 0.382. The third kappa shape index (κ3) is 4.03. The van der Waals surface area contributed by atoms with Crippen molar-refractivity contribution in [3.05, 3.63) is 42.5 Å². The highest BCUT2D eigenvalue weighted by atomic mass is 19.3. The molecule has 1 aromatic heterocycles. The summed E-state index contributed by atoms with van der Waals surface area (Å²) in [6, 6.07) is 4.81. The highest BCUT2D eigenvalue weighted by Crippen LogP contribution is 2.36. The number of ether oxygens (including phenoxy) is 2. The molecule has 1 aliphatic carbocycles. The Balaban J connectivity index is 1.71. The van der Waals surface area contributed by atoms with Crippen molar-refractivity contribution < 1.29 is 18.3 Å². The number of alkyl halides is 2. The number of rotatable bonds is 7. The summed E-state index contributed by atoms with van der Waals surface area (Å²) in [6.07, 6.45) is 6.84. The molecular weight excluding hydrogens is 292 g/mol. The van der Waals surface area contributed by atoms with Crippen LogP contribution in [0.4, 0.5) is 14.5 Å². The lowest BCUT2D eigenvalue weighted by Crippen LogP contribution is -2.06. The summed E-state index contributed by atoms with van der Waals surface area (Å²) in [4.78, 5) is 7.86. The Hall–Kier alpha value is -2.44. The second kappa shape index (κ2) is 6.55. The Kier molecular flexibility index (Phi) is 4.32. The summed E-state index contributed by atoms with van der Waals surface area (Å²) in [6.45, 7) is -2.35. The van der Waals surface area contributed by atoms with Gasteiger partial charge in [-0.25, -0.2) is 9.97 Å². The molecule has 1 N–H and O–H groups in total. The van der Waals surface area contributed by atoms with Crippen molar-refractivity contribution in [2.75, 3.05) is 5.32 Å². The van der Waals surface area contributed by atoms with Crippen LogP contribution in [-0.4, -0.2) is 22.7 Å². The maximum atomic E-state index is 12.4. The Morgan fingerprint density at radius 3 is 2.64 bits per heavy atom. The fourth-order valence-corrected chi connectivity index (χ4v) is 1.89. The van der Waals surface area contributed by atoms with Crippen molar-refractivity contribution in [3.63, 3.8) is 0 Å². The lowest BCUT2D eigenvalue weighted by atomic mass is 10.2. The van der Waals surface area contributed by atoms with Gasteiger partial charge in [0.05, 0.1) is 6.10 Å². The van der Waals surface area contributed by atoms with E-state index < -0.39 is 6.61 Å². The predicted octanol–water partition coefficient (Wildman–Crippen LogP) is 3.23. The minimum Gasteiger partial charge on any atom is -0.486 e. The van der Waals surface area contributed by atoms with Crippen molar-refractivity contribution >= 4 is 5.69 Å². The van der Waals surface area contributed by atoms with Crippen molar-refractivity contribution in [2.45, 2.75) is 32.1 Å². The molecule has 0 radical (unpaired) electrons. The van der Waals surface area contributed by atoms with Gasteiger partial charge in [0.15, 0.2) is 11.5 Å². The first-order valence-corrected chi connectivity index (χ1v) is 6.94. The zero-order valence-corrected chi connectivity index (χ0v) is 11.7. The van der Waals surface area contributed by atoms with E-state index in [1.54, 1.807) is 24.5 Å². The van der Waals surface area contributed by atoms with Gasteiger partial charge in [-0.3, -0.25) is 0 Å². The monoisotopic (exact) mass is 307 g/mol. The number of benzene rings is 1.